The Balaban J connectivity index is 2.77. The molecule has 1 rings (SSSR count). The molecule has 0 aliphatic heterocycles. The summed E-state index contributed by atoms with van der Waals surface area (Å²) >= 11 is 11.5. The molecule has 0 saturated carbocycles. The number of nitrogens with two attached hydrogens (primary N) is 1. The molecule has 0 fully saturated rings. The third kappa shape index (κ3) is 3.48. The highest BCUT2D eigenvalue weighted by Gasteiger charge is 2.09. The van der Waals surface area contributed by atoms with E-state index in [1.807, 2.05) is 0 Å². The third-order valence-corrected chi connectivity index (χ3v) is 2.47. The largest absolute Gasteiger partial charge is 0.365 e. The van der Waals surface area contributed by atoms with Crippen LogP contribution in [0.15, 0.2) is 23.4 Å². The zero-order chi connectivity index (χ0) is 12.1. The lowest BCUT2D eigenvalue weighted by atomic mass is 10.2. The predicted molar refractivity (Wildman–Crippen MR) is 64.0 cm³/mol. The summed E-state index contributed by atoms with van der Waals surface area (Å²) in [5.74, 6) is -0.605. The summed E-state index contributed by atoms with van der Waals surface area (Å²) in [6, 6.07) is 4.43. The minimum absolute atomic E-state index is 0.231. The highest BCUT2D eigenvalue weighted by atomic mass is 35.5. The van der Waals surface area contributed by atoms with Gasteiger partial charge in [0.2, 0.25) is 0 Å². The van der Waals surface area contributed by atoms with Crippen LogP contribution in [0.1, 0.15) is 17.3 Å². The van der Waals surface area contributed by atoms with Crippen molar-refractivity contribution in [2.24, 2.45) is 10.9 Å². The van der Waals surface area contributed by atoms with Crippen LogP contribution >= 0.6 is 23.2 Å². The first-order valence-electron chi connectivity index (χ1n) is 4.44. The number of carbonyl (C=O) groups is 1. The molecule has 0 unspecified atom stereocenters. The van der Waals surface area contributed by atoms with Gasteiger partial charge in [0.15, 0.2) is 0 Å². The molecule has 6 heteroatoms. The molecular weight excluding hydrogens is 251 g/mol. The Morgan fingerprint density at radius 3 is 2.69 bits per heavy atom. The molecule has 0 amide bonds. The average Bonchev–Trinajstić information content (AvgIpc) is 2.29. The molecule has 0 radical (unpaired) electrons. The predicted octanol–water partition coefficient (Wildman–Crippen LogP) is 2.48. The fraction of sp³-hybridized carbons (Fsp3) is 0.200. The van der Waals surface area contributed by atoms with Gasteiger partial charge in [0.1, 0.15) is 0 Å². The molecule has 0 aliphatic rings. The van der Waals surface area contributed by atoms with E-state index in [9.17, 15) is 4.79 Å². The molecule has 0 saturated heterocycles. The summed E-state index contributed by atoms with van der Waals surface area (Å²) in [6.07, 6.45) is 0. The fourth-order valence-corrected chi connectivity index (χ4v) is 1.13. The van der Waals surface area contributed by atoms with E-state index in [1.54, 1.807) is 6.92 Å². The Morgan fingerprint density at radius 2 is 2.12 bits per heavy atom. The van der Waals surface area contributed by atoms with E-state index >= 15 is 0 Å². The Kier molecular flexibility index (Phi) is 4.73. The van der Waals surface area contributed by atoms with E-state index in [1.165, 1.54) is 18.2 Å². The van der Waals surface area contributed by atoms with Crippen LogP contribution in [-0.2, 0) is 4.84 Å². The van der Waals surface area contributed by atoms with Gasteiger partial charge in [-0.15, -0.1) is 0 Å². The van der Waals surface area contributed by atoms with Crippen LogP contribution in [0.4, 0.5) is 0 Å². The van der Waals surface area contributed by atoms with Crippen LogP contribution in [0.2, 0.25) is 10.0 Å². The zero-order valence-corrected chi connectivity index (χ0v) is 10.0. The van der Waals surface area contributed by atoms with Crippen molar-refractivity contribution in [3.8, 4) is 0 Å². The molecule has 2 N–H and O–H groups in total. The van der Waals surface area contributed by atoms with Gasteiger partial charge in [-0.05, 0) is 25.1 Å². The quantitative estimate of drug-likeness (QED) is 0.516. The van der Waals surface area contributed by atoms with Gasteiger partial charge >= 0.3 is 5.97 Å². The van der Waals surface area contributed by atoms with Gasteiger partial charge in [0.25, 0.3) is 0 Å². The van der Waals surface area contributed by atoms with Crippen molar-refractivity contribution < 1.29 is 9.63 Å². The Hall–Kier alpha value is -1.10. The summed E-state index contributed by atoms with van der Waals surface area (Å²) in [5, 5.41) is 4.20. The molecule has 0 spiro atoms. The topological polar surface area (TPSA) is 64.7 Å². The maximum absolute atomic E-state index is 11.5. The first-order valence-corrected chi connectivity index (χ1v) is 5.20. The molecule has 0 atom stereocenters. The number of nitrogens with zero attached hydrogens (tertiary/aromatic N) is 1. The van der Waals surface area contributed by atoms with Gasteiger partial charge in [-0.3, -0.25) is 0 Å². The molecule has 1 aromatic rings. The molecule has 0 aromatic heterocycles. The number of benzene rings is 1. The fourth-order valence-electron chi connectivity index (χ4n) is 0.832. The SMILES string of the molecule is C/C(CN)=N\OC(=O)c1ccc(Cl)c(Cl)c1. The van der Waals surface area contributed by atoms with Crippen molar-refractivity contribution in [2.45, 2.75) is 6.92 Å². The van der Waals surface area contributed by atoms with Gasteiger partial charge < -0.3 is 10.6 Å². The van der Waals surface area contributed by atoms with E-state index in [0.717, 1.165) is 0 Å². The van der Waals surface area contributed by atoms with E-state index < -0.39 is 5.97 Å². The zero-order valence-electron chi connectivity index (χ0n) is 8.54. The summed E-state index contributed by atoms with van der Waals surface area (Å²) in [4.78, 5) is 16.1. The Labute approximate surface area is 103 Å². The summed E-state index contributed by atoms with van der Waals surface area (Å²) < 4.78 is 0. The van der Waals surface area contributed by atoms with E-state index in [2.05, 4.69) is 9.99 Å². The number of hydrogen-bond acceptors (Lipinski definition) is 4. The van der Waals surface area contributed by atoms with Crippen molar-refractivity contribution in [2.75, 3.05) is 6.54 Å². The first kappa shape index (κ1) is 13.0. The van der Waals surface area contributed by atoms with Gasteiger partial charge in [0, 0.05) is 6.54 Å². The number of oxime groups is 1. The van der Waals surface area contributed by atoms with E-state index in [4.69, 9.17) is 28.9 Å². The molecule has 1 aromatic carbocycles. The molecule has 4 nitrogen and oxygen atoms in total. The maximum Gasteiger partial charge on any atom is 0.365 e. The molecule has 0 heterocycles. The minimum Gasteiger partial charge on any atom is -0.325 e. The van der Waals surface area contributed by atoms with Crippen LogP contribution in [-0.4, -0.2) is 18.2 Å². The van der Waals surface area contributed by atoms with E-state index in [0.29, 0.717) is 10.7 Å². The smallest absolute Gasteiger partial charge is 0.325 e. The second-order valence-electron chi connectivity index (χ2n) is 3.04. The summed E-state index contributed by atoms with van der Waals surface area (Å²) in [7, 11) is 0. The second-order valence-corrected chi connectivity index (χ2v) is 3.85. The molecule has 0 bridgehead atoms. The highest BCUT2D eigenvalue weighted by Crippen LogP contribution is 2.22. The summed E-state index contributed by atoms with van der Waals surface area (Å²) in [6.45, 7) is 1.89. The number of rotatable bonds is 3. The van der Waals surface area contributed by atoms with Gasteiger partial charge in [-0.25, -0.2) is 4.79 Å². The van der Waals surface area contributed by atoms with Crippen LogP contribution in [0.3, 0.4) is 0 Å². The lowest BCUT2D eigenvalue weighted by Crippen LogP contribution is -2.11. The van der Waals surface area contributed by atoms with Crippen molar-refractivity contribution in [1.29, 1.82) is 0 Å². The number of carbonyl (C=O) groups excluding carboxylic acids is 1. The molecular formula is C10H10Cl2N2O2. The highest BCUT2D eigenvalue weighted by molar-refractivity contribution is 6.42. The average molecular weight is 261 g/mol. The lowest BCUT2D eigenvalue weighted by Gasteiger charge is -2.01. The van der Waals surface area contributed by atoms with Crippen LogP contribution in [0.25, 0.3) is 0 Å². The van der Waals surface area contributed by atoms with Gasteiger partial charge in [-0.2, -0.15) is 0 Å². The molecule has 86 valence electrons. The van der Waals surface area contributed by atoms with Crippen LogP contribution in [0.5, 0.6) is 0 Å². The lowest BCUT2D eigenvalue weighted by molar-refractivity contribution is 0.0515. The van der Waals surface area contributed by atoms with Gasteiger partial charge in [-0.1, -0.05) is 28.4 Å². The monoisotopic (exact) mass is 260 g/mol. The van der Waals surface area contributed by atoms with Crippen molar-refractivity contribution in [3.63, 3.8) is 0 Å². The Bertz CT molecular complexity index is 433. The van der Waals surface area contributed by atoms with Crippen LogP contribution < -0.4 is 5.73 Å². The Morgan fingerprint density at radius 1 is 1.44 bits per heavy atom. The standard InChI is InChI=1S/C10H10Cl2N2O2/c1-6(5-13)14-16-10(15)7-2-3-8(11)9(12)4-7/h2-4H,5,13H2,1H3/b14-6+. The van der Waals surface area contributed by atoms with E-state index in [-0.39, 0.29) is 17.1 Å². The third-order valence-electron chi connectivity index (χ3n) is 1.74. The molecule has 0 aliphatic carbocycles. The number of hydrogen-bond donors (Lipinski definition) is 1. The van der Waals surface area contributed by atoms with Crippen molar-refractivity contribution >= 4 is 34.9 Å². The van der Waals surface area contributed by atoms with Crippen molar-refractivity contribution in [3.05, 3.63) is 33.8 Å². The second kappa shape index (κ2) is 5.84. The van der Waals surface area contributed by atoms with Crippen molar-refractivity contribution in [1.82, 2.24) is 0 Å². The maximum atomic E-state index is 11.5. The summed E-state index contributed by atoms with van der Waals surface area (Å²) in [5.41, 5.74) is 6.08. The normalized spacial score (nSPS) is 11.4. The van der Waals surface area contributed by atoms with Crippen LogP contribution in [0, 0.1) is 0 Å². The minimum atomic E-state index is -0.605. The first-order chi connectivity index (χ1) is 7.54. The molecule has 16 heavy (non-hydrogen) atoms. The number of halogens is 2. The van der Waals surface area contributed by atoms with Gasteiger partial charge in [0.05, 0.1) is 21.3 Å².